The van der Waals surface area contributed by atoms with Crippen molar-refractivity contribution in [2.24, 2.45) is 5.73 Å². The number of primary amides is 1. The molecule has 0 atom stereocenters. The molecule has 2 rings (SSSR count). The number of hydrogen-bond donors (Lipinski definition) is 2. The van der Waals surface area contributed by atoms with E-state index in [-0.39, 0.29) is 17.3 Å². The normalized spacial score (nSPS) is 15.4. The van der Waals surface area contributed by atoms with E-state index in [1.54, 1.807) is 7.05 Å². The van der Waals surface area contributed by atoms with Gasteiger partial charge in [0.05, 0.1) is 17.1 Å². The highest BCUT2D eigenvalue weighted by Gasteiger charge is 2.34. The molecular formula is C12H16F3N3OS. The van der Waals surface area contributed by atoms with E-state index >= 15 is 0 Å². The maximum atomic E-state index is 12.3. The molecule has 1 amide bonds. The number of amides is 1. The highest BCUT2D eigenvalue weighted by Crippen LogP contribution is 2.51. The van der Waals surface area contributed by atoms with Gasteiger partial charge < -0.3 is 16.4 Å². The molecule has 0 unspecified atom stereocenters. The van der Waals surface area contributed by atoms with Gasteiger partial charge in [0.1, 0.15) is 4.88 Å². The molecule has 0 bridgehead atoms. The van der Waals surface area contributed by atoms with Gasteiger partial charge in [-0.2, -0.15) is 13.2 Å². The third kappa shape index (κ3) is 3.17. The first-order valence-corrected chi connectivity index (χ1v) is 7.02. The van der Waals surface area contributed by atoms with Crippen molar-refractivity contribution in [3.8, 4) is 0 Å². The standard InChI is InChI=1S/C12H16F3N3OS/c1-18(5-4-12(13,14)15)11-7(6-2-3-6)8(16)9(20-11)10(17)19/h6H,2-5,16H2,1H3,(H2,17,19). The van der Waals surface area contributed by atoms with Crippen molar-refractivity contribution in [3.05, 3.63) is 10.4 Å². The van der Waals surface area contributed by atoms with Crippen LogP contribution in [0.1, 0.15) is 40.4 Å². The van der Waals surface area contributed by atoms with Crippen LogP contribution in [0.3, 0.4) is 0 Å². The molecule has 4 N–H and O–H groups in total. The summed E-state index contributed by atoms with van der Waals surface area (Å²) in [7, 11) is 1.58. The molecular weight excluding hydrogens is 291 g/mol. The Balaban J connectivity index is 2.26. The average molecular weight is 307 g/mol. The lowest BCUT2D eigenvalue weighted by Crippen LogP contribution is -2.24. The number of hydrogen-bond acceptors (Lipinski definition) is 4. The predicted molar refractivity (Wildman–Crippen MR) is 73.2 cm³/mol. The van der Waals surface area contributed by atoms with Crippen LogP contribution in [0.2, 0.25) is 0 Å². The van der Waals surface area contributed by atoms with Crippen LogP contribution in [0.4, 0.5) is 23.9 Å². The van der Waals surface area contributed by atoms with Crippen LogP contribution in [-0.2, 0) is 0 Å². The molecule has 8 heteroatoms. The molecule has 1 aromatic heterocycles. The minimum atomic E-state index is -4.21. The van der Waals surface area contributed by atoms with E-state index in [0.717, 1.165) is 29.7 Å². The van der Waals surface area contributed by atoms with Gasteiger partial charge >= 0.3 is 6.18 Å². The SMILES string of the molecule is CN(CCC(F)(F)F)c1sc(C(N)=O)c(N)c1C1CC1. The Labute approximate surface area is 118 Å². The maximum Gasteiger partial charge on any atom is 0.390 e. The molecule has 1 saturated carbocycles. The largest absolute Gasteiger partial charge is 0.397 e. The summed E-state index contributed by atoms with van der Waals surface area (Å²) < 4.78 is 36.9. The topological polar surface area (TPSA) is 72.3 Å². The summed E-state index contributed by atoms with van der Waals surface area (Å²) in [5.41, 5.74) is 12.3. The molecule has 0 aromatic carbocycles. The average Bonchev–Trinajstić information content (AvgIpc) is 3.08. The molecule has 0 radical (unpaired) electrons. The molecule has 1 aliphatic carbocycles. The van der Waals surface area contributed by atoms with Crippen molar-refractivity contribution in [2.75, 3.05) is 24.2 Å². The summed E-state index contributed by atoms with van der Waals surface area (Å²) in [6.45, 7) is -0.165. The minimum absolute atomic E-state index is 0.165. The van der Waals surface area contributed by atoms with Gasteiger partial charge in [0, 0.05) is 19.2 Å². The Hall–Kier alpha value is -1.44. The number of nitrogens with zero attached hydrogens (tertiary/aromatic N) is 1. The number of halogens is 3. The molecule has 4 nitrogen and oxygen atoms in total. The van der Waals surface area contributed by atoms with Crippen LogP contribution >= 0.6 is 11.3 Å². The van der Waals surface area contributed by atoms with Crippen LogP contribution in [0, 0.1) is 0 Å². The van der Waals surface area contributed by atoms with Gasteiger partial charge in [0.2, 0.25) is 0 Å². The smallest absolute Gasteiger partial charge is 0.390 e. The molecule has 112 valence electrons. The lowest BCUT2D eigenvalue weighted by Gasteiger charge is -2.20. The number of thiophene rings is 1. The fraction of sp³-hybridized carbons (Fsp3) is 0.583. The van der Waals surface area contributed by atoms with Crippen molar-refractivity contribution in [3.63, 3.8) is 0 Å². The third-order valence-corrected chi connectivity index (χ3v) is 4.60. The number of carbonyl (C=O) groups excluding carboxylic acids is 1. The number of carbonyl (C=O) groups is 1. The zero-order valence-corrected chi connectivity index (χ0v) is 11.8. The zero-order chi connectivity index (χ0) is 15.1. The molecule has 1 aromatic rings. The summed E-state index contributed by atoms with van der Waals surface area (Å²) in [4.78, 5) is 13.1. The fourth-order valence-corrected chi connectivity index (χ4v) is 3.22. The van der Waals surface area contributed by atoms with Crippen molar-refractivity contribution in [2.45, 2.75) is 31.4 Å². The van der Waals surface area contributed by atoms with Gasteiger partial charge in [-0.1, -0.05) is 0 Å². The van der Waals surface area contributed by atoms with Gasteiger partial charge in [-0.15, -0.1) is 11.3 Å². The van der Waals surface area contributed by atoms with Crippen molar-refractivity contribution in [1.29, 1.82) is 0 Å². The minimum Gasteiger partial charge on any atom is -0.397 e. The van der Waals surface area contributed by atoms with E-state index in [0.29, 0.717) is 10.7 Å². The molecule has 1 aliphatic rings. The fourth-order valence-electron chi connectivity index (χ4n) is 2.07. The van der Waals surface area contributed by atoms with E-state index < -0.39 is 18.5 Å². The molecule has 0 saturated heterocycles. The Kier molecular flexibility index (Phi) is 3.86. The summed E-state index contributed by atoms with van der Waals surface area (Å²) in [5, 5.41) is 0.628. The summed E-state index contributed by atoms with van der Waals surface area (Å²) >= 11 is 1.08. The van der Waals surface area contributed by atoms with Crippen LogP contribution in [0.25, 0.3) is 0 Å². The lowest BCUT2D eigenvalue weighted by molar-refractivity contribution is -0.132. The first-order valence-electron chi connectivity index (χ1n) is 6.20. The first kappa shape index (κ1) is 15.0. The number of anilines is 2. The Morgan fingerprint density at radius 3 is 2.50 bits per heavy atom. The molecule has 1 heterocycles. The van der Waals surface area contributed by atoms with E-state index in [4.69, 9.17) is 11.5 Å². The Bertz CT molecular complexity index is 523. The second kappa shape index (κ2) is 5.16. The summed E-state index contributed by atoms with van der Waals surface area (Å²) in [6, 6.07) is 0. The highest BCUT2D eigenvalue weighted by molar-refractivity contribution is 7.18. The Morgan fingerprint density at radius 1 is 1.45 bits per heavy atom. The van der Waals surface area contributed by atoms with Crippen LogP contribution in [0.5, 0.6) is 0 Å². The molecule has 0 spiro atoms. The summed E-state index contributed by atoms with van der Waals surface area (Å²) in [6.07, 6.45) is -3.22. The van der Waals surface area contributed by atoms with Crippen LogP contribution in [0.15, 0.2) is 0 Å². The molecule has 1 fully saturated rings. The van der Waals surface area contributed by atoms with Gasteiger partial charge in [0.15, 0.2) is 0 Å². The second-order valence-electron chi connectivity index (χ2n) is 4.99. The Morgan fingerprint density at radius 2 is 2.05 bits per heavy atom. The number of nitrogens with two attached hydrogens (primary N) is 2. The number of alkyl halides is 3. The van der Waals surface area contributed by atoms with Gasteiger partial charge in [0.25, 0.3) is 5.91 Å². The zero-order valence-electron chi connectivity index (χ0n) is 11.0. The maximum absolute atomic E-state index is 12.3. The quantitative estimate of drug-likeness (QED) is 0.878. The van der Waals surface area contributed by atoms with Gasteiger partial charge in [-0.05, 0) is 18.8 Å². The predicted octanol–water partition coefficient (Wildman–Crippen LogP) is 2.70. The highest BCUT2D eigenvalue weighted by atomic mass is 32.1. The summed E-state index contributed by atoms with van der Waals surface area (Å²) in [5.74, 6) is -0.396. The van der Waals surface area contributed by atoms with Gasteiger partial charge in [-0.3, -0.25) is 4.79 Å². The van der Waals surface area contributed by atoms with E-state index in [1.165, 1.54) is 4.90 Å². The van der Waals surface area contributed by atoms with Crippen molar-refractivity contribution < 1.29 is 18.0 Å². The van der Waals surface area contributed by atoms with Crippen LogP contribution < -0.4 is 16.4 Å². The first-order chi connectivity index (χ1) is 9.20. The number of nitrogen functional groups attached to an aromatic ring is 1. The lowest BCUT2D eigenvalue weighted by atomic mass is 10.1. The van der Waals surface area contributed by atoms with Crippen LogP contribution in [-0.4, -0.2) is 25.7 Å². The second-order valence-corrected chi connectivity index (χ2v) is 5.99. The van der Waals surface area contributed by atoms with E-state index in [1.807, 2.05) is 0 Å². The van der Waals surface area contributed by atoms with Gasteiger partial charge in [-0.25, -0.2) is 0 Å². The third-order valence-electron chi connectivity index (χ3n) is 3.25. The molecule has 0 aliphatic heterocycles. The monoisotopic (exact) mass is 307 g/mol. The van der Waals surface area contributed by atoms with Crippen molar-refractivity contribution in [1.82, 2.24) is 0 Å². The van der Waals surface area contributed by atoms with E-state index in [2.05, 4.69) is 0 Å². The molecule has 20 heavy (non-hydrogen) atoms. The van der Waals surface area contributed by atoms with E-state index in [9.17, 15) is 18.0 Å². The number of rotatable bonds is 5. The van der Waals surface area contributed by atoms with Crippen molar-refractivity contribution >= 4 is 27.9 Å².